The number of pyridine rings is 1. The first-order valence-electron chi connectivity index (χ1n) is 8.76. The number of aryl methyl sites for hydroxylation is 1. The number of rotatable bonds is 7. The predicted molar refractivity (Wildman–Crippen MR) is 99.6 cm³/mol. The molecule has 2 heterocycles. The summed E-state index contributed by atoms with van der Waals surface area (Å²) in [5.41, 5.74) is 2.41. The van der Waals surface area contributed by atoms with Crippen molar-refractivity contribution < 1.29 is 8.42 Å². The van der Waals surface area contributed by atoms with E-state index in [1.165, 1.54) is 11.1 Å². The molecule has 1 aromatic carbocycles. The van der Waals surface area contributed by atoms with E-state index in [0.717, 1.165) is 26.1 Å². The van der Waals surface area contributed by atoms with E-state index in [1.54, 1.807) is 16.7 Å². The van der Waals surface area contributed by atoms with Crippen molar-refractivity contribution in [1.82, 2.24) is 14.2 Å². The van der Waals surface area contributed by atoms with Crippen molar-refractivity contribution in [2.75, 3.05) is 31.9 Å². The van der Waals surface area contributed by atoms with Crippen LogP contribution < -0.4 is 0 Å². The maximum atomic E-state index is 12.5. The Morgan fingerprint density at radius 1 is 0.880 bits per heavy atom. The van der Waals surface area contributed by atoms with Gasteiger partial charge in [0.25, 0.3) is 0 Å². The predicted octanol–water partition coefficient (Wildman–Crippen LogP) is 2.16. The van der Waals surface area contributed by atoms with Crippen LogP contribution in [0.4, 0.5) is 0 Å². The van der Waals surface area contributed by atoms with Crippen LogP contribution in [0, 0.1) is 0 Å². The highest BCUT2D eigenvalue weighted by Crippen LogP contribution is 2.13. The van der Waals surface area contributed by atoms with Crippen molar-refractivity contribution in [2.45, 2.75) is 19.4 Å². The van der Waals surface area contributed by atoms with Gasteiger partial charge in [0.2, 0.25) is 10.0 Å². The van der Waals surface area contributed by atoms with Gasteiger partial charge in [0.05, 0.1) is 5.75 Å². The molecule has 0 amide bonds. The van der Waals surface area contributed by atoms with Gasteiger partial charge in [-0.05, 0) is 36.1 Å². The number of hydrogen-bond donors (Lipinski definition) is 0. The van der Waals surface area contributed by atoms with E-state index in [0.29, 0.717) is 19.5 Å². The fourth-order valence-corrected chi connectivity index (χ4v) is 4.63. The summed E-state index contributed by atoms with van der Waals surface area (Å²) in [6.07, 6.45) is 5.07. The minimum atomic E-state index is -3.15. The zero-order valence-corrected chi connectivity index (χ0v) is 15.2. The van der Waals surface area contributed by atoms with Crippen LogP contribution in [0.1, 0.15) is 17.5 Å². The second-order valence-corrected chi connectivity index (χ2v) is 8.52. The number of hydrogen-bond acceptors (Lipinski definition) is 4. The molecule has 1 aliphatic heterocycles. The third-order valence-corrected chi connectivity index (χ3v) is 6.55. The molecule has 1 saturated heterocycles. The molecule has 1 aliphatic rings. The molecular weight excluding hydrogens is 334 g/mol. The second-order valence-electron chi connectivity index (χ2n) is 6.44. The Morgan fingerprint density at radius 3 is 2.24 bits per heavy atom. The number of aromatic nitrogens is 1. The summed E-state index contributed by atoms with van der Waals surface area (Å²) in [7, 11) is -3.15. The van der Waals surface area contributed by atoms with Crippen LogP contribution in [0.25, 0.3) is 0 Å². The number of benzene rings is 1. The van der Waals surface area contributed by atoms with Crippen molar-refractivity contribution in [1.29, 1.82) is 0 Å². The van der Waals surface area contributed by atoms with Gasteiger partial charge in [-0.3, -0.25) is 9.88 Å². The van der Waals surface area contributed by atoms with Crippen LogP contribution in [0.15, 0.2) is 54.9 Å². The fraction of sp³-hybridized carbons (Fsp3) is 0.421. The van der Waals surface area contributed by atoms with E-state index >= 15 is 0 Å². The Labute approximate surface area is 150 Å². The Bertz CT molecular complexity index is 743. The summed E-state index contributed by atoms with van der Waals surface area (Å²) in [6, 6.07) is 14.1. The number of piperazine rings is 1. The molecule has 1 aromatic heterocycles. The first-order chi connectivity index (χ1) is 12.1. The van der Waals surface area contributed by atoms with Gasteiger partial charge >= 0.3 is 0 Å². The smallest absolute Gasteiger partial charge is 0.214 e. The third kappa shape index (κ3) is 5.36. The van der Waals surface area contributed by atoms with Gasteiger partial charge in [-0.25, -0.2) is 8.42 Å². The van der Waals surface area contributed by atoms with Crippen LogP contribution in [-0.4, -0.2) is 54.5 Å². The van der Waals surface area contributed by atoms with Gasteiger partial charge in [-0.15, -0.1) is 0 Å². The van der Waals surface area contributed by atoms with E-state index < -0.39 is 10.0 Å². The molecule has 0 radical (unpaired) electrons. The summed E-state index contributed by atoms with van der Waals surface area (Å²) >= 11 is 0. The number of nitrogens with zero attached hydrogens (tertiary/aromatic N) is 3. The summed E-state index contributed by atoms with van der Waals surface area (Å²) < 4.78 is 26.7. The summed E-state index contributed by atoms with van der Waals surface area (Å²) in [6.45, 7) is 3.57. The molecule has 0 atom stereocenters. The Balaban J connectivity index is 1.44. The van der Waals surface area contributed by atoms with E-state index in [9.17, 15) is 8.42 Å². The van der Waals surface area contributed by atoms with Crippen molar-refractivity contribution >= 4 is 10.0 Å². The lowest BCUT2D eigenvalue weighted by molar-refractivity contribution is 0.181. The highest BCUT2D eigenvalue weighted by molar-refractivity contribution is 7.89. The molecule has 134 valence electrons. The van der Waals surface area contributed by atoms with Gasteiger partial charge < -0.3 is 0 Å². The van der Waals surface area contributed by atoms with Crippen molar-refractivity contribution in [3.8, 4) is 0 Å². The first kappa shape index (κ1) is 18.0. The molecule has 0 saturated carbocycles. The molecule has 0 N–H and O–H groups in total. The Morgan fingerprint density at radius 2 is 1.56 bits per heavy atom. The van der Waals surface area contributed by atoms with Gasteiger partial charge in [0.15, 0.2) is 0 Å². The highest BCUT2D eigenvalue weighted by Gasteiger charge is 2.26. The SMILES string of the molecule is O=S(=O)(CCCc1ccccc1)N1CCN(Cc2ccncc2)CC1. The maximum absolute atomic E-state index is 12.5. The Kier molecular flexibility index (Phi) is 6.18. The van der Waals surface area contributed by atoms with Gasteiger partial charge in [-0.1, -0.05) is 30.3 Å². The highest BCUT2D eigenvalue weighted by atomic mass is 32.2. The topological polar surface area (TPSA) is 53.5 Å². The molecule has 0 unspecified atom stereocenters. The summed E-state index contributed by atoms with van der Waals surface area (Å²) in [4.78, 5) is 6.32. The van der Waals surface area contributed by atoms with Crippen molar-refractivity contribution in [3.63, 3.8) is 0 Å². The maximum Gasteiger partial charge on any atom is 0.214 e. The summed E-state index contributed by atoms with van der Waals surface area (Å²) in [5.74, 6) is 0.228. The zero-order chi connectivity index (χ0) is 17.5. The molecule has 0 spiro atoms. The van der Waals surface area contributed by atoms with Crippen LogP contribution in [0.5, 0.6) is 0 Å². The molecule has 3 rings (SSSR count). The lowest BCUT2D eigenvalue weighted by Crippen LogP contribution is -2.48. The van der Waals surface area contributed by atoms with Gasteiger partial charge in [-0.2, -0.15) is 4.31 Å². The monoisotopic (exact) mass is 359 g/mol. The van der Waals surface area contributed by atoms with Crippen molar-refractivity contribution in [2.24, 2.45) is 0 Å². The summed E-state index contributed by atoms with van der Waals surface area (Å²) in [5, 5.41) is 0. The van der Waals surface area contributed by atoms with E-state index in [2.05, 4.69) is 9.88 Å². The molecule has 5 nitrogen and oxygen atoms in total. The molecule has 0 bridgehead atoms. The molecular formula is C19H25N3O2S. The minimum absolute atomic E-state index is 0.228. The second kappa shape index (κ2) is 8.56. The van der Waals surface area contributed by atoms with Crippen LogP contribution in [-0.2, 0) is 23.0 Å². The lowest BCUT2D eigenvalue weighted by Gasteiger charge is -2.34. The average Bonchev–Trinajstić information content (AvgIpc) is 2.64. The van der Waals surface area contributed by atoms with Crippen LogP contribution in [0.2, 0.25) is 0 Å². The molecule has 2 aromatic rings. The van der Waals surface area contributed by atoms with Crippen LogP contribution in [0.3, 0.4) is 0 Å². The van der Waals surface area contributed by atoms with E-state index in [4.69, 9.17) is 0 Å². The normalized spacial score (nSPS) is 16.8. The fourth-order valence-electron chi connectivity index (χ4n) is 3.14. The average molecular weight is 359 g/mol. The van der Waals surface area contributed by atoms with Crippen molar-refractivity contribution in [3.05, 3.63) is 66.0 Å². The third-order valence-electron chi connectivity index (χ3n) is 4.59. The first-order valence-corrected chi connectivity index (χ1v) is 10.4. The standard InChI is InChI=1S/C19H25N3O2S/c23-25(24,16-4-7-18-5-2-1-3-6-18)22-14-12-21(13-15-22)17-19-8-10-20-11-9-19/h1-3,5-6,8-11H,4,7,12-17H2. The zero-order valence-electron chi connectivity index (χ0n) is 14.4. The van der Waals surface area contributed by atoms with E-state index in [-0.39, 0.29) is 5.75 Å². The molecule has 6 heteroatoms. The molecule has 0 aliphatic carbocycles. The largest absolute Gasteiger partial charge is 0.296 e. The number of sulfonamides is 1. The minimum Gasteiger partial charge on any atom is -0.296 e. The van der Waals surface area contributed by atoms with Gasteiger partial charge in [0.1, 0.15) is 0 Å². The molecule has 25 heavy (non-hydrogen) atoms. The van der Waals surface area contributed by atoms with Crippen LogP contribution >= 0.6 is 0 Å². The molecule has 1 fully saturated rings. The van der Waals surface area contributed by atoms with E-state index in [1.807, 2.05) is 42.5 Å². The quantitative estimate of drug-likeness (QED) is 0.760. The lowest BCUT2D eigenvalue weighted by atomic mass is 10.1. The van der Waals surface area contributed by atoms with Gasteiger partial charge in [0, 0.05) is 45.1 Å². The Hall–Kier alpha value is -1.76.